The standard InChI is InChI=1S/C12H11FN2OS/c13-10-3-1-9(2-4-10)5-7-15-8-6-11(16)14-12(15)17/h1-4,6,8H,5,7H2,(H,14,16,17). The second-order valence-corrected chi connectivity index (χ2v) is 4.07. The molecule has 0 amide bonds. The molecule has 2 rings (SSSR count). The summed E-state index contributed by atoms with van der Waals surface area (Å²) in [7, 11) is 0. The van der Waals surface area contributed by atoms with Crippen LogP contribution in [0.25, 0.3) is 0 Å². The van der Waals surface area contributed by atoms with E-state index in [1.165, 1.54) is 18.2 Å². The highest BCUT2D eigenvalue weighted by molar-refractivity contribution is 7.71. The van der Waals surface area contributed by atoms with Crippen molar-refractivity contribution >= 4 is 12.2 Å². The van der Waals surface area contributed by atoms with Gasteiger partial charge in [0, 0.05) is 18.8 Å². The average Bonchev–Trinajstić information content (AvgIpc) is 2.30. The number of rotatable bonds is 3. The molecule has 0 spiro atoms. The first-order valence-electron chi connectivity index (χ1n) is 5.19. The van der Waals surface area contributed by atoms with Crippen LogP contribution in [-0.2, 0) is 13.0 Å². The molecular weight excluding hydrogens is 239 g/mol. The molecule has 0 fully saturated rings. The van der Waals surface area contributed by atoms with Crippen molar-refractivity contribution in [1.82, 2.24) is 9.55 Å². The molecule has 5 heteroatoms. The van der Waals surface area contributed by atoms with E-state index in [1.807, 2.05) is 0 Å². The van der Waals surface area contributed by atoms with Gasteiger partial charge in [0.1, 0.15) is 5.82 Å². The predicted octanol–water partition coefficient (Wildman–Crippen LogP) is 2.29. The summed E-state index contributed by atoms with van der Waals surface area (Å²) in [6.45, 7) is 0.654. The van der Waals surface area contributed by atoms with Gasteiger partial charge in [0.15, 0.2) is 4.77 Å². The van der Waals surface area contributed by atoms with E-state index in [1.54, 1.807) is 22.9 Å². The van der Waals surface area contributed by atoms with E-state index < -0.39 is 0 Å². The number of H-pyrrole nitrogens is 1. The lowest BCUT2D eigenvalue weighted by Gasteiger charge is -2.05. The van der Waals surface area contributed by atoms with E-state index in [4.69, 9.17) is 12.2 Å². The zero-order valence-electron chi connectivity index (χ0n) is 9.02. The zero-order valence-corrected chi connectivity index (χ0v) is 9.84. The minimum Gasteiger partial charge on any atom is -0.325 e. The van der Waals surface area contributed by atoms with Gasteiger partial charge >= 0.3 is 0 Å². The predicted molar refractivity (Wildman–Crippen MR) is 66.0 cm³/mol. The van der Waals surface area contributed by atoms with Crippen molar-refractivity contribution in [3.05, 3.63) is 63.0 Å². The van der Waals surface area contributed by atoms with Gasteiger partial charge in [0.25, 0.3) is 5.56 Å². The van der Waals surface area contributed by atoms with Crippen LogP contribution in [0, 0.1) is 10.6 Å². The normalized spacial score (nSPS) is 10.4. The van der Waals surface area contributed by atoms with Crippen LogP contribution in [-0.4, -0.2) is 9.55 Å². The lowest BCUT2D eigenvalue weighted by Crippen LogP contribution is -2.12. The van der Waals surface area contributed by atoms with Gasteiger partial charge < -0.3 is 4.57 Å². The number of nitrogens with one attached hydrogen (secondary N) is 1. The highest BCUT2D eigenvalue weighted by Crippen LogP contribution is 2.04. The lowest BCUT2D eigenvalue weighted by atomic mass is 10.1. The number of aryl methyl sites for hydroxylation is 2. The Bertz CT molecular complexity index is 615. The number of hydrogen-bond acceptors (Lipinski definition) is 2. The summed E-state index contributed by atoms with van der Waals surface area (Å²) >= 11 is 5.02. The first kappa shape index (κ1) is 11.7. The fourth-order valence-electron chi connectivity index (χ4n) is 1.52. The first-order chi connectivity index (χ1) is 8.15. The number of benzene rings is 1. The van der Waals surface area contributed by atoms with Crippen LogP contribution >= 0.6 is 12.2 Å². The summed E-state index contributed by atoms with van der Waals surface area (Å²) in [5.41, 5.74) is 0.826. The lowest BCUT2D eigenvalue weighted by molar-refractivity contribution is 0.624. The Morgan fingerprint density at radius 2 is 1.94 bits per heavy atom. The molecule has 0 bridgehead atoms. The van der Waals surface area contributed by atoms with Gasteiger partial charge in [-0.25, -0.2) is 4.39 Å². The van der Waals surface area contributed by atoms with Gasteiger partial charge in [0.2, 0.25) is 0 Å². The summed E-state index contributed by atoms with van der Waals surface area (Å²) in [6, 6.07) is 7.78. The van der Waals surface area contributed by atoms with Gasteiger partial charge in [-0.05, 0) is 36.3 Å². The van der Waals surface area contributed by atoms with E-state index in [-0.39, 0.29) is 11.4 Å². The number of nitrogens with zero attached hydrogens (tertiary/aromatic N) is 1. The molecule has 88 valence electrons. The molecule has 0 radical (unpaired) electrons. The summed E-state index contributed by atoms with van der Waals surface area (Å²) in [6.07, 6.45) is 2.39. The Kier molecular flexibility index (Phi) is 3.49. The van der Waals surface area contributed by atoms with Crippen LogP contribution in [0.1, 0.15) is 5.56 Å². The van der Waals surface area contributed by atoms with Crippen molar-refractivity contribution < 1.29 is 4.39 Å². The van der Waals surface area contributed by atoms with Crippen LogP contribution in [0.4, 0.5) is 4.39 Å². The van der Waals surface area contributed by atoms with Crippen LogP contribution in [0.3, 0.4) is 0 Å². The van der Waals surface area contributed by atoms with E-state index >= 15 is 0 Å². The van der Waals surface area contributed by atoms with Crippen LogP contribution in [0.5, 0.6) is 0 Å². The molecule has 1 N–H and O–H groups in total. The second-order valence-electron chi connectivity index (χ2n) is 3.68. The smallest absolute Gasteiger partial charge is 0.251 e. The van der Waals surface area contributed by atoms with Crippen molar-refractivity contribution in [1.29, 1.82) is 0 Å². The summed E-state index contributed by atoms with van der Waals surface area (Å²) in [5, 5.41) is 0. The first-order valence-corrected chi connectivity index (χ1v) is 5.60. The minimum atomic E-state index is -0.241. The van der Waals surface area contributed by atoms with Gasteiger partial charge in [-0.3, -0.25) is 9.78 Å². The molecule has 3 nitrogen and oxygen atoms in total. The summed E-state index contributed by atoms with van der Waals surface area (Å²) < 4.78 is 14.9. The maximum absolute atomic E-state index is 12.7. The number of aromatic nitrogens is 2. The zero-order chi connectivity index (χ0) is 12.3. The van der Waals surface area contributed by atoms with Crippen molar-refractivity contribution in [2.45, 2.75) is 13.0 Å². The number of hydrogen-bond donors (Lipinski definition) is 1. The molecule has 1 heterocycles. The SMILES string of the molecule is O=c1ccn(CCc2ccc(F)cc2)c(=S)[nH]1. The topological polar surface area (TPSA) is 37.8 Å². The van der Waals surface area contributed by atoms with Gasteiger partial charge in [-0.1, -0.05) is 12.1 Å². The van der Waals surface area contributed by atoms with Gasteiger partial charge in [-0.15, -0.1) is 0 Å². The molecule has 0 saturated carbocycles. The molecule has 0 aliphatic rings. The Morgan fingerprint density at radius 1 is 1.24 bits per heavy atom. The monoisotopic (exact) mass is 250 g/mol. The van der Waals surface area contributed by atoms with E-state index in [2.05, 4.69) is 4.98 Å². The molecule has 0 aliphatic carbocycles. The third-order valence-corrected chi connectivity index (χ3v) is 2.79. The Labute approximate surface area is 103 Å². The highest BCUT2D eigenvalue weighted by Gasteiger charge is 1.96. The highest BCUT2D eigenvalue weighted by atomic mass is 32.1. The fraction of sp³-hybridized carbons (Fsp3) is 0.167. The van der Waals surface area contributed by atoms with Crippen molar-refractivity contribution in [2.75, 3.05) is 0 Å². The van der Waals surface area contributed by atoms with E-state index in [0.717, 1.165) is 12.0 Å². The maximum atomic E-state index is 12.7. The molecule has 0 atom stereocenters. The Balaban J connectivity index is 2.10. The molecule has 2 aromatic rings. The molecule has 1 aromatic heterocycles. The fourth-order valence-corrected chi connectivity index (χ4v) is 1.77. The Hall–Kier alpha value is -1.75. The molecule has 17 heavy (non-hydrogen) atoms. The molecule has 0 aliphatic heterocycles. The Morgan fingerprint density at radius 3 is 2.59 bits per heavy atom. The van der Waals surface area contributed by atoms with Crippen LogP contribution < -0.4 is 5.56 Å². The van der Waals surface area contributed by atoms with Crippen molar-refractivity contribution in [2.24, 2.45) is 0 Å². The van der Waals surface area contributed by atoms with E-state index in [0.29, 0.717) is 11.3 Å². The molecule has 0 saturated heterocycles. The second kappa shape index (κ2) is 5.05. The largest absolute Gasteiger partial charge is 0.325 e. The minimum absolute atomic E-state index is 0.201. The summed E-state index contributed by atoms with van der Waals surface area (Å²) in [5.74, 6) is -0.241. The number of halogens is 1. The third kappa shape index (κ3) is 3.10. The van der Waals surface area contributed by atoms with Crippen molar-refractivity contribution in [3.8, 4) is 0 Å². The molecular formula is C12H11FN2OS. The van der Waals surface area contributed by atoms with Crippen LogP contribution in [0.2, 0.25) is 0 Å². The third-order valence-electron chi connectivity index (χ3n) is 2.45. The molecule has 1 aromatic carbocycles. The quantitative estimate of drug-likeness (QED) is 0.849. The molecule has 0 unspecified atom stereocenters. The van der Waals surface area contributed by atoms with Gasteiger partial charge in [-0.2, -0.15) is 0 Å². The van der Waals surface area contributed by atoms with Crippen molar-refractivity contribution in [3.63, 3.8) is 0 Å². The number of aromatic amines is 1. The summed E-state index contributed by atoms with van der Waals surface area (Å²) in [4.78, 5) is 13.5. The van der Waals surface area contributed by atoms with Crippen LogP contribution in [0.15, 0.2) is 41.3 Å². The van der Waals surface area contributed by atoms with E-state index in [9.17, 15) is 9.18 Å². The van der Waals surface area contributed by atoms with Gasteiger partial charge in [0.05, 0.1) is 0 Å². The maximum Gasteiger partial charge on any atom is 0.251 e. The average molecular weight is 250 g/mol.